The third-order valence-corrected chi connectivity index (χ3v) is 5.47. The van der Waals surface area contributed by atoms with Crippen molar-refractivity contribution in [1.29, 1.82) is 0 Å². The van der Waals surface area contributed by atoms with Crippen molar-refractivity contribution in [2.75, 3.05) is 6.61 Å². The van der Waals surface area contributed by atoms with Crippen LogP contribution in [-0.4, -0.2) is 33.2 Å². The Hall–Kier alpha value is -0.950. The van der Waals surface area contributed by atoms with Crippen LogP contribution in [0.15, 0.2) is 12.3 Å². The lowest BCUT2D eigenvalue weighted by molar-refractivity contribution is 0.293. The van der Waals surface area contributed by atoms with Gasteiger partial charge in [0.25, 0.3) is 0 Å². The average Bonchev–Trinajstić information content (AvgIpc) is 3.08. The Balaban J connectivity index is 1.84. The summed E-state index contributed by atoms with van der Waals surface area (Å²) in [7, 11) is 0. The SMILES string of the molecule is CC1CC(c2sc(Cl)cc2CCO)CC(c2c[nH]nn2)N1. The molecule has 3 rings (SSSR count). The van der Waals surface area contributed by atoms with Gasteiger partial charge >= 0.3 is 0 Å². The standard InChI is InChI=1S/C14H19ClN4OS/c1-8-4-10(5-11(17-8)12-7-16-19-18-12)14-9(2-3-20)6-13(15)21-14/h6-8,10-11,17,20H,2-5H2,1H3,(H,16,18,19). The van der Waals surface area contributed by atoms with Gasteiger partial charge in [-0.3, -0.25) is 5.10 Å². The quantitative estimate of drug-likeness (QED) is 0.807. The highest BCUT2D eigenvalue weighted by Crippen LogP contribution is 2.42. The second kappa shape index (κ2) is 6.44. The minimum Gasteiger partial charge on any atom is -0.396 e. The molecule has 114 valence electrons. The van der Waals surface area contributed by atoms with E-state index in [4.69, 9.17) is 11.6 Å². The molecule has 21 heavy (non-hydrogen) atoms. The first-order chi connectivity index (χ1) is 10.2. The van der Waals surface area contributed by atoms with Crippen molar-refractivity contribution in [1.82, 2.24) is 20.7 Å². The molecule has 3 unspecified atom stereocenters. The summed E-state index contributed by atoms with van der Waals surface area (Å²) >= 11 is 7.83. The Morgan fingerprint density at radius 2 is 2.33 bits per heavy atom. The summed E-state index contributed by atoms with van der Waals surface area (Å²) in [6, 6.07) is 2.61. The molecule has 1 aliphatic heterocycles. The smallest absolute Gasteiger partial charge is 0.0993 e. The highest BCUT2D eigenvalue weighted by Gasteiger charge is 2.31. The van der Waals surface area contributed by atoms with E-state index in [9.17, 15) is 5.11 Å². The highest BCUT2D eigenvalue weighted by molar-refractivity contribution is 7.16. The predicted molar refractivity (Wildman–Crippen MR) is 83.8 cm³/mol. The summed E-state index contributed by atoms with van der Waals surface area (Å²) in [5, 5.41) is 23.5. The molecule has 0 saturated carbocycles. The molecule has 7 heteroatoms. The molecule has 2 aromatic rings. The maximum absolute atomic E-state index is 9.23. The van der Waals surface area contributed by atoms with Crippen LogP contribution in [0.5, 0.6) is 0 Å². The van der Waals surface area contributed by atoms with Crippen molar-refractivity contribution >= 4 is 22.9 Å². The number of hydrogen-bond acceptors (Lipinski definition) is 5. The molecule has 5 nitrogen and oxygen atoms in total. The second-order valence-electron chi connectivity index (χ2n) is 5.60. The number of aliphatic hydroxyl groups is 1. The van der Waals surface area contributed by atoms with Crippen LogP contribution in [0.3, 0.4) is 0 Å². The van der Waals surface area contributed by atoms with Gasteiger partial charge in [-0.05, 0) is 43.7 Å². The maximum atomic E-state index is 9.23. The summed E-state index contributed by atoms with van der Waals surface area (Å²) in [5.41, 5.74) is 2.14. The maximum Gasteiger partial charge on any atom is 0.0993 e. The average molecular weight is 327 g/mol. The highest BCUT2D eigenvalue weighted by atomic mass is 35.5. The molecular weight excluding hydrogens is 308 g/mol. The minimum atomic E-state index is 0.160. The third-order valence-electron chi connectivity index (χ3n) is 4.00. The van der Waals surface area contributed by atoms with Gasteiger partial charge in [0.2, 0.25) is 0 Å². The van der Waals surface area contributed by atoms with E-state index < -0.39 is 0 Å². The Labute approximate surface area is 132 Å². The molecule has 0 aromatic carbocycles. The van der Waals surface area contributed by atoms with Crippen molar-refractivity contribution < 1.29 is 5.11 Å². The van der Waals surface area contributed by atoms with Crippen molar-refractivity contribution in [2.45, 2.75) is 44.2 Å². The molecule has 3 heterocycles. The van der Waals surface area contributed by atoms with Crippen LogP contribution >= 0.6 is 22.9 Å². The summed E-state index contributed by atoms with van der Waals surface area (Å²) in [4.78, 5) is 1.32. The first-order valence-electron chi connectivity index (χ1n) is 7.18. The van der Waals surface area contributed by atoms with Gasteiger partial charge in [0.05, 0.1) is 16.1 Å². The Morgan fingerprint density at radius 1 is 1.48 bits per heavy atom. The van der Waals surface area contributed by atoms with Crippen LogP contribution in [0.25, 0.3) is 0 Å². The van der Waals surface area contributed by atoms with Gasteiger partial charge in [0, 0.05) is 23.7 Å². The number of aromatic nitrogens is 3. The first-order valence-corrected chi connectivity index (χ1v) is 8.38. The lowest BCUT2D eigenvalue weighted by Gasteiger charge is -2.34. The summed E-state index contributed by atoms with van der Waals surface area (Å²) in [6.45, 7) is 2.35. The molecule has 2 aromatic heterocycles. The van der Waals surface area contributed by atoms with Crippen molar-refractivity contribution in [3.63, 3.8) is 0 Å². The fourth-order valence-corrected chi connectivity index (χ4v) is 4.60. The van der Waals surface area contributed by atoms with E-state index in [1.807, 2.05) is 12.3 Å². The number of aliphatic hydroxyl groups excluding tert-OH is 1. The van der Waals surface area contributed by atoms with Gasteiger partial charge in [-0.1, -0.05) is 16.8 Å². The van der Waals surface area contributed by atoms with Crippen molar-refractivity contribution in [2.24, 2.45) is 0 Å². The van der Waals surface area contributed by atoms with Gasteiger partial charge in [-0.25, -0.2) is 0 Å². The Bertz CT molecular complexity index is 586. The lowest BCUT2D eigenvalue weighted by atomic mass is 9.85. The number of nitrogens with one attached hydrogen (secondary N) is 2. The van der Waals surface area contributed by atoms with E-state index in [1.165, 1.54) is 10.4 Å². The molecule has 0 bridgehead atoms. The molecule has 1 fully saturated rings. The van der Waals surface area contributed by atoms with Gasteiger partial charge in [0.1, 0.15) is 0 Å². The van der Waals surface area contributed by atoms with E-state index in [0.29, 0.717) is 18.4 Å². The van der Waals surface area contributed by atoms with E-state index in [2.05, 4.69) is 27.7 Å². The molecule has 0 radical (unpaired) electrons. The number of rotatable bonds is 4. The summed E-state index contributed by atoms with van der Waals surface area (Å²) < 4.78 is 0.803. The molecule has 0 aliphatic carbocycles. The molecule has 3 atom stereocenters. The number of aromatic amines is 1. The number of thiophene rings is 1. The van der Waals surface area contributed by atoms with E-state index in [1.54, 1.807) is 11.3 Å². The fourth-order valence-electron chi connectivity index (χ4n) is 3.16. The zero-order chi connectivity index (χ0) is 14.8. The van der Waals surface area contributed by atoms with Crippen LogP contribution in [0.2, 0.25) is 4.34 Å². The number of piperidine rings is 1. The molecule has 1 aliphatic rings. The van der Waals surface area contributed by atoms with Gasteiger partial charge in [0.15, 0.2) is 0 Å². The zero-order valence-corrected chi connectivity index (χ0v) is 13.4. The number of H-pyrrole nitrogens is 1. The predicted octanol–water partition coefficient (Wildman–Crippen LogP) is 2.65. The third kappa shape index (κ3) is 3.29. The Kier molecular flexibility index (Phi) is 4.59. The second-order valence-corrected chi connectivity index (χ2v) is 7.32. The number of hydrogen-bond donors (Lipinski definition) is 3. The molecule has 0 amide bonds. The van der Waals surface area contributed by atoms with Crippen molar-refractivity contribution in [3.8, 4) is 0 Å². The van der Waals surface area contributed by atoms with E-state index in [-0.39, 0.29) is 12.6 Å². The van der Waals surface area contributed by atoms with Gasteiger partial charge < -0.3 is 10.4 Å². The van der Waals surface area contributed by atoms with E-state index in [0.717, 1.165) is 22.9 Å². The summed E-state index contributed by atoms with van der Waals surface area (Å²) in [6.07, 6.45) is 4.57. The molecule has 1 saturated heterocycles. The molecule has 3 N–H and O–H groups in total. The largest absolute Gasteiger partial charge is 0.396 e. The Morgan fingerprint density at radius 3 is 3.05 bits per heavy atom. The van der Waals surface area contributed by atoms with Crippen LogP contribution in [0.1, 0.15) is 47.9 Å². The number of nitrogens with zero attached hydrogens (tertiary/aromatic N) is 2. The molecular formula is C14H19ClN4OS. The lowest BCUT2D eigenvalue weighted by Crippen LogP contribution is -2.38. The topological polar surface area (TPSA) is 73.8 Å². The van der Waals surface area contributed by atoms with Crippen LogP contribution in [-0.2, 0) is 6.42 Å². The van der Waals surface area contributed by atoms with Crippen LogP contribution < -0.4 is 5.32 Å². The van der Waals surface area contributed by atoms with Gasteiger partial charge in [-0.15, -0.1) is 16.4 Å². The number of halogens is 1. The van der Waals surface area contributed by atoms with Gasteiger partial charge in [-0.2, -0.15) is 0 Å². The van der Waals surface area contributed by atoms with E-state index >= 15 is 0 Å². The minimum absolute atomic E-state index is 0.160. The van der Waals surface area contributed by atoms with Crippen LogP contribution in [0.4, 0.5) is 0 Å². The van der Waals surface area contributed by atoms with Crippen LogP contribution in [0, 0.1) is 0 Å². The summed E-state index contributed by atoms with van der Waals surface area (Å²) in [5.74, 6) is 0.446. The normalized spacial score (nSPS) is 26.1. The first kappa shape index (κ1) is 15.0. The fraction of sp³-hybridized carbons (Fsp3) is 0.571. The monoisotopic (exact) mass is 326 g/mol. The van der Waals surface area contributed by atoms with Crippen molar-refractivity contribution in [3.05, 3.63) is 32.7 Å². The zero-order valence-electron chi connectivity index (χ0n) is 11.8. The molecule has 0 spiro atoms.